The van der Waals surface area contributed by atoms with Crippen molar-refractivity contribution < 1.29 is 45.3 Å². The second kappa shape index (κ2) is 10.1. The van der Waals surface area contributed by atoms with Crippen molar-refractivity contribution in [1.29, 1.82) is 0 Å². The number of amides is 2. The van der Waals surface area contributed by atoms with Crippen LogP contribution in [0.4, 0.5) is 36.8 Å². The van der Waals surface area contributed by atoms with Gasteiger partial charge in [-0.25, -0.2) is 4.79 Å². The lowest BCUT2D eigenvalue weighted by Crippen LogP contribution is -2.57. The van der Waals surface area contributed by atoms with Crippen molar-refractivity contribution >= 4 is 11.7 Å². The first-order valence-corrected chi connectivity index (χ1v) is 11.1. The zero-order chi connectivity index (χ0) is 26.0. The lowest BCUT2D eigenvalue weighted by Gasteiger charge is -2.44. The van der Waals surface area contributed by atoms with E-state index in [0.717, 1.165) is 12.1 Å². The molecule has 4 rings (SSSR count). The van der Waals surface area contributed by atoms with Crippen LogP contribution in [0.15, 0.2) is 48.5 Å². The summed E-state index contributed by atoms with van der Waals surface area (Å²) in [4.78, 5) is 12.5. The van der Waals surface area contributed by atoms with Gasteiger partial charge in [-0.3, -0.25) is 5.32 Å². The quantitative estimate of drug-likeness (QED) is 0.466. The number of alkyl halides is 6. The molecular formula is C23H23F6N3O4. The number of nitrogens with one attached hydrogen (secondary N) is 3. The molecule has 3 N–H and O–H groups in total. The first kappa shape index (κ1) is 25.9. The Morgan fingerprint density at radius 2 is 1.75 bits per heavy atom. The summed E-state index contributed by atoms with van der Waals surface area (Å²) in [6, 6.07) is 9.05. The number of para-hydroxylation sites is 1. The minimum Gasteiger partial charge on any atom is -0.473 e. The highest BCUT2D eigenvalue weighted by Gasteiger charge is 2.62. The van der Waals surface area contributed by atoms with E-state index >= 15 is 0 Å². The SMILES string of the molecule is O=C(Nc1ccc(OC(F)(F)F)cc1)NC1CCCNC1Oc1ccccc1C1(C(F)(F)F)CCO1. The molecule has 2 amide bonds. The van der Waals surface area contributed by atoms with E-state index in [4.69, 9.17) is 9.47 Å². The molecular weight excluding hydrogens is 496 g/mol. The third kappa shape index (κ3) is 5.78. The van der Waals surface area contributed by atoms with E-state index in [1.807, 2.05) is 0 Å². The van der Waals surface area contributed by atoms with E-state index in [0.29, 0.717) is 19.4 Å². The molecule has 0 aliphatic carbocycles. The van der Waals surface area contributed by atoms with Gasteiger partial charge in [0.05, 0.1) is 12.6 Å². The van der Waals surface area contributed by atoms with Gasteiger partial charge in [0, 0.05) is 17.7 Å². The van der Waals surface area contributed by atoms with Gasteiger partial charge in [-0.2, -0.15) is 13.2 Å². The lowest BCUT2D eigenvalue weighted by molar-refractivity contribution is -0.334. The molecule has 2 aromatic rings. The molecule has 0 radical (unpaired) electrons. The van der Waals surface area contributed by atoms with Gasteiger partial charge in [0.1, 0.15) is 11.5 Å². The molecule has 3 unspecified atom stereocenters. The molecule has 2 aliphatic heterocycles. The molecule has 2 aromatic carbocycles. The maximum absolute atomic E-state index is 13.8. The van der Waals surface area contributed by atoms with Crippen molar-refractivity contribution in [1.82, 2.24) is 10.6 Å². The van der Waals surface area contributed by atoms with Crippen molar-refractivity contribution in [2.24, 2.45) is 0 Å². The zero-order valence-corrected chi connectivity index (χ0v) is 18.7. The number of halogens is 6. The van der Waals surface area contributed by atoms with Crippen LogP contribution in [0.25, 0.3) is 0 Å². The van der Waals surface area contributed by atoms with E-state index < -0.39 is 42.2 Å². The Morgan fingerprint density at radius 1 is 1.06 bits per heavy atom. The second-order valence-electron chi connectivity index (χ2n) is 8.33. The van der Waals surface area contributed by atoms with Crippen LogP contribution in [0, 0.1) is 0 Å². The molecule has 36 heavy (non-hydrogen) atoms. The van der Waals surface area contributed by atoms with Gasteiger partial charge < -0.3 is 24.8 Å². The predicted octanol–water partition coefficient (Wildman–Crippen LogP) is 5.04. The molecule has 7 nitrogen and oxygen atoms in total. The van der Waals surface area contributed by atoms with Crippen LogP contribution in [-0.2, 0) is 10.3 Å². The minimum atomic E-state index is -4.83. The highest BCUT2D eigenvalue weighted by molar-refractivity contribution is 5.89. The molecule has 196 valence electrons. The number of piperidine rings is 1. The smallest absolute Gasteiger partial charge is 0.473 e. The fourth-order valence-electron chi connectivity index (χ4n) is 4.14. The number of carbonyl (C=O) groups excluding carboxylic acids is 1. The highest BCUT2D eigenvalue weighted by Crippen LogP contribution is 2.52. The van der Waals surface area contributed by atoms with Crippen LogP contribution in [-0.4, -0.2) is 44.0 Å². The molecule has 0 aromatic heterocycles. The van der Waals surface area contributed by atoms with Gasteiger partial charge in [0.2, 0.25) is 0 Å². The highest BCUT2D eigenvalue weighted by atomic mass is 19.4. The lowest BCUT2D eigenvalue weighted by atomic mass is 9.85. The van der Waals surface area contributed by atoms with Crippen LogP contribution in [0.5, 0.6) is 11.5 Å². The normalized spacial score (nSPS) is 24.4. The summed E-state index contributed by atoms with van der Waals surface area (Å²) < 4.78 is 93.1. The van der Waals surface area contributed by atoms with Gasteiger partial charge in [0.25, 0.3) is 0 Å². The van der Waals surface area contributed by atoms with E-state index in [1.54, 1.807) is 6.07 Å². The first-order valence-electron chi connectivity index (χ1n) is 11.1. The standard InChI is InChI=1S/C23H23F6N3O4/c24-22(25,26)21(11-13-34-21)16-4-1-2-6-18(16)35-19-17(5-3-12-30-19)32-20(33)31-14-7-9-15(10-8-14)36-23(27,28)29/h1-2,4,6-10,17,19,30H,3,5,11-13H2,(H2,31,32,33). The number of urea groups is 1. The van der Waals surface area contributed by atoms with Crippen LogP contribution in [0.1, 0.15) is 24.8 Å². The van der Waals surface area contributed by atoms with Crippen molar-refractivity contribution in [3.63, 3.8) is 0 Å². The largest absolute Gasteiger partial charge is 0.573 e. The maximum Gasteiger partial charge on any atom is 0.573 e. The Balaban J connectivity index is 1.43. The molecule has 0 bridgehead atoms. The summed E-state index contributed by atoms with van der Waals surface area (Å²) in [5, 5.41) is 8.26. The van der Waals surface area contributed by atoms with Gasteiger partial charge in [0.15, 0.2) is 11.8 Å². The van der Waals surface area contributed by atoms with E-state index in [9.17, 15) is 31.1 Å². The topological polar surface area (TPSA) is 80.9 Å². The first-order chi connectivity index (χ1) is 17.0. The van der Waals surface area contributed by atoms with Crippen LogP contribution in [0.2, 0.25) is 0 Å². The number of anilines is 1. The van der Waals surface area contributed by atoms with Crippen LogP contribution >= 0.6 is 0 Å². The van der Waals surface area contributed by atoms with Gasteiger partial charge in [-0.05, 0) is 49.7 Å². The van der Waals surface area contributed by atoms with Gasteiger partial charge in [-0.1, -0.05) is 18.2 Å². The Labute approximate surface area is 202 Å². The molecule has 2 fully saturated rings. The fourth-order valence-corrected chi connectivity index (χ4v) is 4.14. The average Bonchev–Trinajstić information content (AvgIpc) is 2.75. The van der Waals surface area contributed by atoms with Crippen molar-refractivity contribution in [3.8, 4) is 11.5 Å². The maximum atomic E-state index is 13.8. The number of rotatable bonds is 6. The Kier molecular flexibility index (Phi) is 7.23. The minimum absolute atomic E-state index is 0.0126. The second-order valence-corrected chi connectivity index (χ2v) is 8.33. The Morgan fingerprint density at radius 3 is 2.36 bits per heavy atom. The third-order valence-corrected chi connectivity index (χ3v) is 5.90. The number of carbonyl (C=O) groups is 1. The number of benzene rings is 2. The Hall–Kier alpha value is -3.19. The monoisotopic (exact) mass is 519 g/mol. The summed E-state index contributed by atoms with van der Waals surface area (Å²) >= 11 is 0. The fraction of sp³-hybridized carbons (Fsp3) is 0.435. The molecule has 2 aliphatic rings. The van der Waals surface area contributed by atoms with Crippen molar-refractivity contribution in [2.45, 2.75) is 49.7 Å². The van der Waals surface area contributed by atoms with Crippen molar-refractivity contribution in [3.05, 3.63) is 54.1 Å². The number of hydrogen-bond donors (Lipinski definition) is 3. The summed E-state index contributed by atoms with van der Waals surface area (Å²) in [5.74, 6) is -0.453. The Bertz CT molecular complexity index is 1060. The van der Waals surface area contributed by atoms with Crippen molar-refractivity contribution in [2.75, 3.05) is 18.5 Å². The molecule has 0 spiro atoms. The van der Waals surface area contributed by atoms with E-state index in [-0.39, 0.29) is 30.0 Å². The molecule has 3 atom stereocenters. The summed E-state index contributed by atoms with van der Waals surface area (Å²) in [7, 11) is 0. The summed E-state index contributed by atoms with van der Waals surface area (Å²) in [6.45, 7) is 0.497. The van der Waals surface area contributed by atoms with E-state index in [1.165, 1.54) is 30.3 Å². The van der Waals surface area contributed by atoms with Gasteiger partial charge >= 0.3 is 18.6 Å². The van der Waals surface area contributed by atoms with E-state index in [2.05, 4.69) is 20.7 Å². The summed E-state index contributed by atoms with van der Waals surface area (Å²) in [5.41, 5.74) is -2.37. The van der Waals surface area contributed by atoms with Crippen LogP contribution in [0.3, 0.4) is 0 Å². The third-order valence-electron chi connectivity index (χ3n) is 5.90. The molecule has 13 heteroatoms. The molecule has 2 heterocycles. The van der Waals surface area contributed by atoms with Crippen LogP contribution < -0.4 is 25.4 Å². The number of ether oxygens (including phenoxy) is 3. The molecule has 0 saturated carbocycles. The zero-order valence-electron chi connectivity index (χ0n) is 18.7. The predicted molar refractivity (Wildman–Crippen MR) is 115 cm³/mol. The summed E-state index contributed by atoms with van der Waals surface area (Å²) in [6.07, 6.45) is -9.38. The number of hydrogen-bond acceptors (Lipinski definition) is 5. The molecule has 2 saturated heterocycles. The average molecular weight is 519 g/mol. The van der Waals surface area contributed by atoms with Gasteiger partial charge in [-0.15, -0.1) is 13.2 Å².